The molecule has 19 heavy (non-hydrogen) atoms. The van der Waals surface area contributed by atoms with Gasteiger partial charge in [-0.25, -0.2) is 0 Å². The molecule has 0 bridgehead atoms. The second-order valence-electron chi connectivity index (χ2n) is 5.61. The van der Waals surface area contributed by atoms with E-state index in [1.54, 1.807) is 6.07 Å². The van der Waals surface area contributed by atoms with Gasteiger partial charge in [0.15, 0.2) is 0 Å². The van der Waals surface area contributed by atoms with Crippen molar-refractivity contribution in [3.63, 3.8) is 0 Å². The smallest absolute Gasteiger partial charge is 0.115 e. The van der Waals surface area contributed by atoms with Gasteiger partial charge >= 0.3 is 0 Å². The molecule has 2 heteroatoms. The lowest BCUT2D eigenvalue weighted by Gasteiger charge is -2.37. The van der Waals surface area contributed by atoms with Crippen molar-refractivity contribution in [2.75, 3.05) is 0 Å². The van der Waals surface area contributed by atoms with Gasteiger partial charge in [-0.2, -0.15) is 0 Å². The Labute approximate surface area is 113 Å². The second-order valence-corrected chi connectivity index (χ2v) is 5.61. The monoisotopic (exact) mass is 251 g/mol. The van der Waals surface area contributed by atoms with Gasteiger partial charge in [0.1, 0.15) is 5.75 Å². The van der Waals surface area contributed by atoms with E-state index in [4.69, 9.17) is 0 Å². The number of benzene rings is 2. The summed E-state index contributed by atoms with van der Waals surface area (Å²) in [7, 11) is 0. The van der Waals surface area contributed by atoms with Crippen molar-refractivity contribution in [3.05, 3.63) is 64.7 Å². The zero-order valence-corrected chi connectivity index (χ0v) is 10.8. The van der Waals surface area contributed by atoms with E-state index in [0.29, 0.717) is 5.75 Å². The maximum atomic E-state index is 9.83. The van der Waals surface area contributed by atoms with Crippen LogP contribution in [0.25, 0.3) is 0 Å². The van der Waals surface area contributed by atoms with Crippen LogP contribution in [0.4, 0.5) is 0 Å². The minimum absolute atomic E-state index is 0.0804. The summed E-state index contributed by atoms with van der Waals surface area (Å²) in [5, 5.41) is 13.5. The summed E-state index contributed by atoms with van der Waals surface area (Å²) in [6.07, 6.45) is 3.47. The normalized spacial score (nSPS) is 24.2. The van der Waals surface area contributed by atoms with Crippen LogP contribution in [0.3, 0.4) is 0 Å². The molecule has 1 heterocycles. The Balaban J connectivity index is 1.97. The molecule has 0 amide bonds. The first-order valence-electron chi connectivity index (χ1n) is 6.95. The van der Waals surface area contributed by atoms with Gasteiger partial charge in [0, 0.05) is 6.54 Å². The van der Waals surface area contributed by atoms with Crippen molar-refractivity contribution in [1.29, 1.82) is 0 Å². The number of hydrogen-bond donors (Lipinski definition) is 2. The van der Waals surface area contributed by atoms with Gasteiger partial charge in [0.2, 0.25) is 0 Å². The van der Waals surface area contributed by atoms with Gasteiger partial charge in [0.25, 0.3) is 0 Å². The van der Waals surface area contributed by atoms with E-state index in [1.165, 1.54) is 28.7 Å². The Morgan fingerprint density at radius 2 is 1.89 bits per heavy atom. The van der Waals surface area contributed by atoms with Crippen LogP contribution in [0.1, 0.15) is 35.1 Å². The first kappa shape index (κ1) is 11.1. The van der Waals surface area contributed by atoms with E-state index in [1.807, 2.05) is 12.1 Å². The minimum atomic E-state index is -0.0804. The topological polar surface area (TPSA) is 32.3 Å². The molecule has 0 saturated heterocycles. The molecule has 1 aliphatic heterocycles. The first-order valence-corrected chi connectivity index (χ1v) is 6.95. The average Bonchev–Trinajstić information content (AvgIpc) is 2.79. The maximum Gasteiger partial charge on any atom is 0.115 e. The van der Waals surface area contributed by atoms with Crippen LogP contribution in [-0.2, 0) is 18.5 Å². The van der Waals surface area contributed by atoms with Crippen LogP contribution >= 0.6 is 0 Å². The van der Waals surface area contributed by atoms with Crippen molar-refractivity contribution >= 4 is 0 Å². The molecule has 2 nitrogen and oxygen atoms in total. The van der Waals surface area contributed by atoms with Crippen molar-refractivity contribution < 1.29 is 5.11 Å². The van der Waals surface area contributed by atoms with Gasteiger partial charge in [-0.3, -0.25) is 5.32 Å². The third-order valence-corrected chi connectivity index (χ3v) is 4.61. The molecule has 2 aromatic rings. The van der Waals surface area contributed by atoms with Crippen LogP contribution in [0.15, 0.2) is 42.5 Å². The van der Waals surface area contributed by atoms with Crippen LogP contribution in [-0.4, -0.2) is 5.11 Å². The molecular formula is C17H17NO. The fraction of sp³-hybridized carbons (Fsp3) is 0.294. The van der Waals surface area contributed by atoms with E-state index in [9.17, 15) is 5.11 Å². The number of phenols is 1. The van der Waals surface area contributed by atoms with Crippen LogP contribution in [0.2, 0.25) is 0 Å². The predicted octanol–water partition coefficient (Wildman–Crippen LogP) is 3.08. The molecular weight excluding hydrogens is 234 g/mol. The van der Waals surface area contributed by atoms with Crippen LogP contribution in [0.5, 0.6) is 5.75 Å². The third kappa shape index (κ3) is 1.47. The molecule has 4 rings (SSSR count). The lowest BCUT2D eigenvalue weighted by Crippen LogP contribution is -2.41. The Morgan fingerprint density at radius 3 is 2.84 bits per heavy atom. The number of aryl methyl sites for hydroxylation is 1. The van der Waals surface area contributed by atoms with Crippen LogP contribution < -0.4 is 5.32 Å². The average molecular weight is 251 g/mol. The number of aromatic hydroxyl groups is 1. The number of nitrogens with one attached hydrogen (secondary N) is 1. The quantitative estimate of drug-likeness (QED) is 0.754. The molecule has 2 N–H and O–H groups in total. The molecule has 0 saturated carbocycles. The number of rotatable bonds is 0. The van der Waals surface area contributed by atoms with Gasteiger partial charge < -0.3 is 5.11 Å². The summed E-state index contributed by atoms with van der Waals surface area (Å²) in [6.45, 7) is 0.893. The Bertz CT molecular complexity index is 649. The molecule has 1 aliphatic carbocycles. The summed E-state index contributed by atoms with van der Waals surface area (Å²) in [5.74, 6) is 0.366. The predicted molar refractivity (Wildman–Crippen MR) is 75.1 cm³/mol. The number of fused-ring (bicyclic) bond motifs is 4. The largest absolute Gasteiger partial charge is 0.508 e. The minimum Gasteiger partial charge on any atom is -0.508 e. The highest BCUT2D eigenvalue weighted by molar-refractivity contribution is 5.52. The van der Waals surface area contributed by atoms with Crippen molar-refractivity contribution in [3.8, 4) is 5.75 Å². The zero-order chi connectivity index (χ0) is 12.9. The first-order chi connectivity index (χ1) is 9.29. The molecule has 0 aromatic heterocycles. The lowest BCUT2D eigenvalue weighted by atomic mass is 9.73. The zero-order valence-electron chi connectivity index (χ0n) is 10.8. The highest BCUT2D eigenvalue weighted by Gasteiger charge is 2.42. The van der Waals surface area contributed by atoms with Gasteiger partial charge in [-0.1, -0.05) is 30.3 Å². The summed E-state index contributed by atoms with van der Waals surface area (Å²) in [5.41, 5.74) is 5.33. The summed E-state index contributed by atoms with van der Waals surface area (Å²) < 4.78 is 0. The van der Waals surface area contributed by atoms with E-state index >= 15 is 0 Å². The fourth-order valence-electron chi connectivity index (χ4n) is 3.75. The summed E-state index contributed by atoms with van der Waals surface area (Å²) in [4.78, 5) is 0. The number of phenolic OH excluding ortho intramolecular Hbond substituents is 1. The number of hydrogen-bond acceptors (Lipinski definition) is 2. The Morgan fingerprint density at radius 1 is 1.00 bits per heavy atom. The van der Waals surface area contributed by atoms with Gasteiger partial charge in [0.05, 0.1) is 5.54 Å². The molecule has 1 unspecified atom stereocenters. The SMILES string of the molecule is Oc1ccc2c(c1)C1(CCCc3ccccc31)NC2. The summed E-state index contributed by atoms with van der Waals surface area (Å²) in [6, 6.07) is 14.5. The van der Waals surface area contributed by atoms with Crippen molar-refractivity contribution in [2.24, 2.45) is 0 Å². The third-order valence-electron chi connectivity index (χ3n) is 4.61. The highest BCUT2D eigenvalue weighted by Crippen LogP contribution is 2.45. The van der Waals surface area contributed by atoms with Gasteiger partial charge in [-0.15, -0.1) is 0 Å². The van der Waals surface area contributed by atoms with Crippen molar-refractivity contribution in [2.45, 2.75) is 31.3 Å². The fourth-order valence-corrected chi connectivity index (χ4v) is 3.75. The van der Waals surface area contributed by atoms with E-state index in [2.05, 4.69) is 29.6 Å². The van der Waals surface area contributed by atoms with Crippen LogP contribution in [0, 0.1) is 0 Å². The van der Waals surface area contributed by atoms with E-state index in [-0.39, 0.29) is 5.54 Å². The molecule has 2 aliphatic rings. The van der Waals surface area contributed by atoms with Crippen molar-refractivity contribution in [1.82, 2.24) is 5.32 Å². The molecule has 0 radical (unpaired) electrons. The Hall–Kier alpha value is -1.80. The van der Waals surface area contributed by atoms with Gasteiger partial charge in [-0.05, 0) is 53.6 Å². The summed E-state index contributed by atoms with van der Waals surface area (Å²) >= 11 is 0. The second kappa shape index (κ2) is 3.84. The maximum absolute atomic E-state index is 9.83. The molecule has 1 atom stereocenters. The molecule has 0 fully saturated rings. The lowest BCUT2D eigenvalue weighted by molar-refractivity contribution is 0.369. The Kier molecular flexibility index (Phi) is 2.24. The molecule has 1 spiro atoms. The van der Waals surface area contributed by atoms with E-state index < -0.39 is 0 Å². The standard InChI is InChI=1S/C17H17NO/c19-14-8-7-13-11-18-17(16(13)10-14)9-3-5-12-4-1-2-6-15(12)17/h1-2,4,6-8,10,18-19H,3,5,9,11H2. The molecule has 96 valence electrons. The molecule has 2 aromatic carbocycles. The van der Waals surface area contributed by atoms with E-state index in [0.717, 1.165) is 19.4 Å². The highest BCUT2D eigenvalue weighted by atomic mass is 16.3.